The summed E-state index contributed by atoms with van der Waals surface area (Å²) >= 11 is 0. The van der Waals surface area contributed by atoms with E-state index in [1.807, 2.05) is 20.8 Å². The van der Waals surface area contributed by atoms with Gasteiger partial charge in [-0.25, -0.2) is 14.3 Å². The standard InChI is InChI=1S/C25H35N3O4/c1-16(2)31-22(29)20-14-21(24(3,4)5)26-28(20)19-10-9-18-15-27(12-11-17(18)13-19)23(30)32-25(6,7)8/h9,13-14,17H,1,10-12,15H2,2-8H3. The van der Waals surface area contributed by atoms with Gasteiger partial charge in [-0.15, -0.1) is 0 Å². The molecule has 32 heavy (non-hydrogen) atoms. The van der Waals surface area contributed by atoms with Gasteiger partial charge in [0.15, 0.2) is 5.69 Å². The first kappa shape index (κ1) is 23.8. The Morgan fingerprint density at radius 3 is 2.47 bits per heavy atom. The van der Waals surface area contributed by atoms with Gasteiger partial charge >= 0.3 is 12.1 Å². The fraction of sp³-hybridized carbons (Fsp3) is 0.560. The van der Waals surface area contributed by atoms with Gasteiger partial charge in [0.25, 0.3) is 0 Å². The number of carbonyl (C=O) groups excluding carboxylic acids is 2. The molecular weight excluding hydrogens is 406 g/mol. The van der Waals surface area contributed by atoms with E-state index in [4.69, 9.17) is 14.6 Å². The number of aromatic nitrogens is 2. The lowest BCUT2D eigenvalue weighted by molar-refractivity contribution is 0.0235. The third-order valence-electron chi connectivity index (χ3n) is 5.40. The first-order valence-corrected chi connectivity index (χ1v) is 11.1. The Balaban J connectivity index is 1.83. The average molecular weight is 442 g/mol. The third kappa shape index (κ3) is 5.50. The molecule has 174 valence electrons. The number of ether oxygens (including phenoxy) is 2. The summed E-state index contributed by atoms with van der Waals surface area (Å²) < 4.78 is 12.5. The zero-order chi connectivity index (χ0) is 23.8. The van der Waals surface area contributed by atoms with Gasteiger partial charge in [0.1, 0.15) is 5.60 Å². The van der Waals surface area contributed by atoms with Crippen molar-refractivity contribution in [2.45, 2.75) is 72.3 Å². The van der Waals surface area contributed by atoms with Crippen LogP contribution in [0.3, 0.4) is 0 Å². The van der Waals surface area contributed by atoms with Gasteiger partial charge in [0.05, 0.1) is 11.5 Å². The Hall–Kier alpha value is -2.83. The third-order valence-corrected chi connectivity index (χ3v) is 5.40. The molecule has 3 rings (SSSR count). The zero-order valence-electron chi connectivity index (χ0n) is 20.3. The van der Waals surface area contributed by atoms with Gasteiger partial charge in [-0.1, -0.05) is 39.5 Å². The Morgan fingerprint density at radius 1 is 1.19 bits per heavy atom. The van der Waals surface area contributed by atoms with Crippen LogP contribution in [0.25, 0.3) is 5.70 Å². The molecule has 0 aromatic carbocycles. The van der Waals surface area contributed by atoms with Crippen molar-refractivity contribution in [3.05, 3.63) is 47.5 Å². The maximum atomic E-state index is 12.7. The SMILES string of the molecule is C=C(C)OC(=O)c1cc(C(C)(C)C)nn1C1=CC2CCN(C(=O)OC(C)(C)C)CC2=CC1. The van der Waals surface area contributed by atoms with E-state index in [0.717, 1.165) is 17.8 Å². The van der Waals surface area contributed by atoms with Crippen LogP contribution in [0.2, 0.25) is 0 Å². The monoisotopic (exact) mass is 441 g/mol. The highest BCUT2D eigenvalue weighted by Gasteiger charge is 2.32. The van der Waals surface area contributed by atoms with Gasteiger partial charge in [-0.3, -0.25) is 0 Å². The molecule has 1 unspecified atom stereocenters. The lowest BCUT2D eigenvalue weighted by atomic mass is 9.86. The highest BCUT2D eigenvalue weighted by Crippen LogP contribution is 2.34. The Labute approximate surface area is 190 Å². The number of esters is 1. The largest absolute Gasteiger partial charge is 0.444 e. The number of amides is 1. The molecular formula is C25H35N3O4. The molecule has 0 saturated carbocycles. The van der Waals surface area contributed by atoms with Crippen molar-refractivity contribution in [2.75, 3.05) is 13.1 Å². The molecule has 0 N–H and O–H groups in total. The van der Waals surface area contributed by atoms with E-state index in [9.17, 15) is 9.59 Å². The quantitative estimate of drug-likeness (QED) is 0.362. The first-order chi connectivity index (χ1) is 14.7. The van der Waals surface area contributed by atoms with E-state index in [2.05, 4.69) is 39.5 Å². The van der Waals surface area contributed by atoms with Gasteiger partial charge in [0.2, 0.25) is 0 Å². The average Bonchev–Trinajstić information content (AvgIpc) is 3.11. The van der Waals surface area contributed by atoms with E-state index >= 15 is 0 Å². The van der Waals surface area contributed by atoms with E-state index in [1.165, 1.54) is 5.57 Å². The smallest absolute Gasteiger partial charge is 0.410 e. The Bertz CT molecular complexity index is 986. The molecule has 1 saturated heterocycles. The topological polar surface area (TPSA) is 73.7 Å². The van der Waals surface area contributed by atoms with Gasteiger partial charge < -0.3 is 14.4 Å². The van der Waals surface area contributed by atoms with Gasteiger partial charge in [0, 0.05) is 36.5 Å². The summed E-state index contributed by atoms with van der Waals surface area (Å²) in [4.78, 5) is 27.0. The van der Waals surface area contributed by atoms with Crippen LogP contribution in [-0.4, -0.2) is 45.4 Å². The normalized spacial score (nSPS) is 19.0. The lowest BCUT2D eigenvalue weighted by Crippen LogP contribution is -2.43. The van der Waals surface area contributed by atoms with Crippen molar-refractivity contribution in [2.24, 2.45) is 5.92 Å². The minimum atomic E-state index is -0.512. The van der Waals surface area contributed by atoms with Crippen LogP contribution in [0.5, 0.6) is 0 Å². The second-order valence-corrected chi connectivity index (χ2v) is 10.6. The van der Waals surface area contributed by atoms with Crippen LogP contribution in [0.1, 0.15) is 77.5 Å². The van der Waals surface area contributed by atoms with Gasteiger partial charge in [-0.2, -0.15) is 5.10 Å². The molecule has 1 aliphatic carbocycles. The second kappa shape index (κ2) is 8.60. The molecule has 1 fully saturated rings. The number of fused-ring (bicyclic) bond motifs is 1. The van der Waals surface area contributed by atoms with Crippen LogP contribution >= 0.6 is 0 Å². The maximum Gasteiger partial charge on any atom is 0.410 e. The van der Waals surface area contributed by atoms with Crippen molar-refractivity contribution in [1.82, 2.24) is 14.7 Å². The van der Waals surface area contributed by atoms with E-state index in [-0.39, 0.29) is 17.4 Å². The molecule has 1 atom stereocenters. The first-order valence-electron chi connectivity index (χ1n) is 11.1. The van der Waals surface area contributed by atoms with Crippen LogP contribution in [0.4, 0.5) is 4.79 Å². The summed E-state index contributed by atoms with van der Waals surface area (Å²) in [6.07, 6.45) is 5.44. The second-order valence-electron chi connectivity index (χ2n) is 10.6. The molecule has 1 amide bonds. The maximum absolute atomic E-state index is 12.7. The lowest BCUT2D eigenvalue weighted by Gasteiger charge is -2.36. The van der Waals surface area contributed by atoms with Crippen LogP contribution < -0.4 is 0 Å². The number of rotatable bonds is 3. The van der Waals surface area contributed by atoms with Crippen molar-refractivity contribution < 1.29 is 19.1 Å². The van der Waals surface area contributed by atoms with Gasteiger partial charge in [-0.05, 0) is 45.8 Å². The van der Waals surface area contributed by atoms with Crippen molar-refractivity contribution >= 4 is 17.8 Å². The number of piperidine rings is 1. The predicted octanol–water partition coefficient (Wildman–Crippen LogP) is 5.30. The molecule has 7 nitrogen and oxygen atoms in total. The minimum Gasteiger partial charge on any atom is -0.444 e. The number of allylic oxidation sites excluding steroid dienone is 4. The number of likely N-dealkylation sites (tertiary alicyclic amines) is 1. The number of hydrogen-bond acceptors (Lipinski definition) is 5. The molecule has 0 radical (unpaired) electrons. The Kier molecular flexibility index (Phi) is 6.40. The number of hydrogen-bond donors (Lipinski definition) is 0. The summed E-state index contributed by atoms with van der Waals surface area (Å²) in [6, 6.07) is 1.80. The molecule has 0 spiro atoms. The van der Waals surface area contributed by atoms with Crippen molar-refractivity contribution in [3.63, 3.8) is 0 Å². The van der Waals surface area contributed by atoms with Crippen molar-refractivity contribution in [1.29, 1.82) is 0 Å². The molecule has 1 aliphatic heterocycles. The Morgan fingerprint density at radius 2 is 1.88 bits per heavy atom. The summed E-state index contributed by atoms with van der Waals surface area (Å²) in [7, 11) is 0. The molecule has 1 aromatic heterocycles. The minimum absolute atomic E-state index is 0.199. The highest BCUT2D eigenvalue weighted by molar-refractivity contribution is 5.90. The predicted molar refractivity (Wildman–Crippen MR) is 124 cm³/mol. The van der Waals surface area contributed by atoms with Crippen molar-refractivity contribution in [3.8, 4) is 0 Å². The molecule has 7 heteroatoms. The number of nitrogens with zero attached hydrogens (tertiary/aromatic N) is 3. The molecule has 1 aromatic rings. The summed E-state index contributed by atoms with van der Waals surface area (Å²) in [6.45, 7) is 18.3. The van der Waals surface area contributed by atoms with E-state index < -0.39 is 11.6 Å². The zero-order valence-corrected chi connectivity index (χ0v) is 20.3. The molecule has 2 heterocycles. The summed E-state index contributed by atoms with van der Waals surface area (Å²) in [5.41, 5.74) is 2.63. The number of carbonyl (C=O) groups is 2. The van der Waals surface area contributed by atoms with E-state index in [0.29, 0.717) is 31.0 Å². The van der Waals surface area contributed by atoms with E-state index in [1.54, 1.807) is 22.6 Å². The molecule has 2 aliphatic rings. The summed E-state index contributed by atoms with van der Waals surface area (Å²) in [5, 5.41) is 4.76. The van der Waals surface area contributed by atoms with Crippen LogP contribution in [0, 0.1) is 5.92 Å². The molecule has 0 bridgehead atoms. The van der Waals surface area contributed by atoms with Crippen LogP contribution in [-0.2, 0) is 14.9 Å². The fourth-order valence-electron chi connectivity index (χ4n) is 3.80. The summed E-state index contributed by atoms with van der Waals surface area (Å²) in [5.74, 6) is 0.0787. The van der Waals surface area contributed by atoms with Crippen LogP contribution in [0.15, 0.2) is 36.1 Å². The highest BCUT2D eigenvalue weighted by atomic mass is 16.6. The fourth-order valence-corrected chi connectivity index (χ4v) is 3.80.